The van der Waals surface area contributed by atoms with E-state index in [0.717, 1.165) is 25.1 Å². The van der Waals surface area contributed by atoms with Crippen molar-refractivity contribution in [2.24, 2.45) is 0 Å². The number of carbonyl (C=O) groups excluding carboxylic acids is 2. The van der Waals surface area contributed by atoms with E-state index in [4.69, 9.17) is 4.42 Å². The zero-order valence-corrected chi connectivity index (χ0v) is 15.0. The number of nitrogens with zero attached hydrogens (tertiary/aromatic N) is 1. The van der Waals surface area contributed by atoms with Crippen molar-refractivity contribution in [1.29, 1.82) is 0 Å². The summed E-state index contributed by atoms with van der Waals surface area (Å²) in [6.45, 7) is 4.63. The predicted octanol–water partition coefficient (Wildman–Crippen LogP) is 2.13. The fourth-order valence-corrected chi connectivity index (χ4v) is 3.20. The van der Waals surface area contributed by atoms with Crippen LogP contribution in [0, 0.1) is 0 Å². The summed E-state index contributed by atoms with van der Waals surface area (Å²) in [4.78, 5) is 26.5. The number of rotatable bonds is 6. The number of aryl methyl sites for hydroxylation is 1. The van der Waals surface area contributed by atoms with Gasteiger partial charge in [-0.15, -0.1) is 0 Å². The number of hydrogen-bond donors (Lipinski definition) is 2. The molecule has 0 bridgehead atoms. The van der Waals surface area contributed by atoms with Crippen LogP contribution < -0.4 is 10.6 Å². The van der Waals surface area contributed by atoms with Crippen LogP contribution in [0.2, 0.25) is 0 Å². The van der Waals surface area contributed by atoms with Gasteiger partial charge in [0.15, 0.2) is 5.76 Å². The van der Waals surface area contributed by atoms with Crippen molar-refractivity contribution >= 4 is 11.8 Å². The average Bonchev–Trinajstić information content (AvgIpc) is 3.23. The first-order chi connectivity index (χ1) is 12.7. The second-order valence-corrected chi connectivity index (χ2v) is 6.39. The molecule has 2 heterocycles. The Kier molecular flexibility index (Phi) is 6.07. The van der Waals surface area contributed by atoms with Crippen LogP contribution in [0.3, 0.4) is 0 Å². The molecule has 2 aromatic rings. The van der Waals surface area contributed by atoms with Gasteiger partial charge in [0, 0.05) is 32.6 Å². The Balaban J connectivity index is 1.57. The SMILES string of the molecule is CCc1ccc(C2CNCCN2C(=O)CCNC(=O)c2ccco2)cc1. The van der Waals surface area contributed by atoms with Crippen LogP contribution in [0.25, 0.3) is 0 Å². The summed E-state index contributed by atoms with van der Waals surface area (Å²) >= 11 is 0. The van der Waals surface area contributed by atoms with Crippen molar-refractivity contribution in [1.82, 2.24) is 15.5 Å². The van der Waals surface area contributed by atoms with Gasteiger partial charge in [0.05, 0.1) is 12.3 Å². The van der Waals surface area contributed by atoms with Crippen molar-refractivity contribution in [3.8, 4) is 0 Å². The Labute approximate surface area is 153 Å². The largest absolute Gasteiger partial charge is 0.459 e. The normalized spacial score (nSPS) is 17.1. The van der Waals surface area contributed by atoms with Gasteiger partial charge in [-0.2, -0.15) is 0 Å². The smallest absolute Gasteiger partial charge is 0.286 e. The molecule has 3 rings (SSSR count). The number of benzene rings is 1. The lowest BCUT2D eigenvalue weighted by Crippen LogP contribution is -2.49. The Bertz CT molecular complexity index is 725. The Morgan fingerprint density at radius 2 is 2.08 bits per heavy atom. The number of furan rings is 1. The standard InChI is InChI=1S/C20H25N3O3/c1-2-15-5-7-16(8-6-15)17-14-21-11-12-23(17)19(24)9-10-22-20(25)18-4-3-13-26-18/h3-8,13,17,21H,2,9-12,14H2,1H3,(H,22,25). The minimum absolute atomic E-state index is 0.0305. The molecular formula is C20H25N3O3. The van der Waals surface area contributed by atoms with Gasteiger partial charge in [-0.3, -0.25) is 9.59 Å². The predicted molar refractivity (Wildman–Crippen MR) is 98.8 cm³/mol. The molecule has 26 heavy (non-hydrogen) atoms. The minimum atomic E-state index is -0.296. The van der Waals surface area contributed by atoms with E-state index in [2.05, 4.69) is 41.8 Å². The molecule has 2 amide bonds. The van der Waals surface area contributed by atoms with Gasteiger partial charge in [0.2, 0.25) is 5.91 Å². The van der Waals surface area contributed by atoms with E-state index in [0.29, 0.717) is 13.1 Å². The molecule has 1 atom stereocenters. The molecule has 0 saturated carbocycles. The van der Waals surface area contributed by atoms with E-state index in [1.165, 1.54) is 11.8 Å². The third-order valence-corrected chi connectivity index (χ3v) is 4.71. The Hall–Kier alpha value is -2.60. The van der Waals surface area contributed by atoms with Crippen LogP contribution >= 0.6 is 0 Å². The molecule has 0 aliphatic carbocycles. The first-order valence-electron chi connectivity index (χ1n) is 9.09. The Morgan fingerprint density at radius 3 is 2.77 bits per heavy atom. The molecule has 6 heteroatoms. The van der Waals surface area contributed by atoms with Crippen LogP contribution in [0.4, 0.5) is 0 Å². The number of piperazine rings is 1. The molecule has 1 aliphatic rings. The number of nitrogens with one attached hydrogen (secondary N) is 2. The van der Waals surface area contributed by atoms with Crippen molar-refractivity contribution in [3.63, 3.8) is 0 Å². The van der Waals surface area contributed by atoms with Gasteiger partial charge >= 0.3 is 0 Å². The molecule has 1 saturated heterocycles. The summed E-state index contributed by atoms with van der Waals surface area (Å²) in [5, 5.41) is 6.09. The lowest BCUT2D eigenvalue weighted by Gasteiger charge is -2.36. The molecule has 2 N–H and O–H groups in total. The third-order valence-electron chi connectivity index (χ3n) is 4.71. The molecular weight excluding hydrogens is 330 g/mol. The molecule has 1 unspecified atom stereocenters. The quantitative estimate of drug-likeness (QED) is 0.832. The maximum absolute atomic E-state index is 12.7. The molecule has 1 fully saturated rings. The van der Waals surface area contributed by atoms with E-state index >= 15 is 0 Å². The van der Waals surface area contributed by atoms with Gasteiger partial charge in [-0.05, 0) is 29.7 Å². The number of carbonyl (C=O) groups is 2. The molecule has 6 nitrogen and oxygen atoms in total. The van der Waals surface area contributed by atoms with Crippen LogP contribution in [0.15, 0.2) is 47.1 Å². The summed E-state index contributed by atoms with van der Waals surface area (Å²) in [5.41, 5.74) is 2.43. The van der Waals surface area contributed by atoms with Crippen LogP contribution in [-0.2, 0) is 11.2 Å². The first kappa shape index (κ1) is 18.2. The van der Waals surface area contributed by atoms with Crippen LogP contribution in [0.5, 0.6) is 0 Å². The maximum Gasteiger partial charge on any atom is 0.286 e. The summed E-state index contributed by atoms with van der Waals surface area (Å²) in [5.74, 6) is 0.0131. The summed E-state index contributed by atoms with van der Waals surface area (Å²) in [6, 6.07) is 11.7. The molecule has 0 spiro atoms. The summed E-state index contributed by atoms with van der Waals surface area (Å²) in [6.07, 6.45) is 2.73. The van der Waals surface area contributed by atoms with E-state index in [-0.39, 0.29) is 30.0 Å². The highest BCUT2D eigenvalue weighted by Gasteiger charge is 2.27. The topological polar surface area (TPSA) is 74.6 Å². The number of amides is 2. The average molecular weight is 355 g/mol. The van der Waals surface area contributed by atoms with E-state index in [1.807, 2.05) is 4.90 Å². The summed E-state index contributed by atoms with van der Waals surface area (Å²) < 4.78 is 5.05. The van der Waals surface area contributed by atoms with E-state index in [9.17, 15) is 9.59 Å². The molecule has 0 radical (unpaired) electrons. The fraction of sp³-hybridized carbons (Fsp3) is 0.400. The van der Waals surface area contributed by atoms with Gasteiger partial charge in [0.1, 0.15) is 0 Å². The van der Waals surface area contributed by atoms with Gasteiger partial charge in [0.25, 0.3) is 5.91 Å². The first-order valence-corrected chi connectivity index (χ1v) is 9.09. The zero-order valence-electron chi connectivity index (χ0n) is 15.0. The highest BCUT2D eigenvalue weighted by Crippen LogP contribution is 2.23. The van der Waals surface area contributed by atoms with Crippen molar-refractivity contribution in [2.45, 2.75) is 25.8 Å². The van der Waals surface area contributed by atoms with E-state index in [1.54, 1.807) is 12.1 Å². The number of hydrogen-bond acceptors (Lipinski definition) is 4. The maximum atomic E-state index is 12.7. The Morgan fingerprint density at radius 1 is 1.27 bits per heavy atom. The second kappa shape index (κ2) is 8.67. The molecule has 1 aliphatic heterocycles. The molecule has 138 valence electrons. The van der Waals surface area contributed by atoms with Gasteiger partial charge in [-0.1, -0.05) is 31.2 Å². The highest BCUT2D eigenvalue weighted by atomic mass is 16.3. The van der Waals surface area contributed by atoms with Crippen LogP contribution in [-0.4, -0.2) is 42.9 Å². The van der Waals surface area contributed by atoms with Crippen molar-refractivity contribution < 1.29 is 14.0 Å². The van der Waals surface area contributed by atoms with Gasteiger partial charge < -0.3 is 20.0 Å². The van der Waals surface area contributed by atoms with Crippen molar-refractivity contribution in [2.75, 3.05) is 26.2 Å². The fourth-order valence-electron chi connectivity index (χ4n) is 3.20. The van der Waals surface area contributed by atoms with Gasteiger partial charge in [-0.25, -0.2) is 0 Å². The van der Waals surface area contributed by atoms with E-state index < -0.39 is 0 Å². The van der Waals surface area contributed by atoms with Crippen molar-refractivity contribution in [3.05, 3.63) is 59.5 Å². The lowest BCUT2D eigenvalue weighted by molar-refractivity contribution is -0.134. The monoisotopic (exact) mass is 355 g/mol. The zero-order chi connectivity index (χ0) is 18.4. The second-order valence-electron chi connectivity index (χ2n) is 6.39. The third kappa shape index (κ3) is 4.32. The lowest BCUT2D eigenvalue weighted by atomic mass is 10.0. The van der Waals surface area contributed by atoms with Crippen LogP contribution in [0.1, 0.15) is 41.1 Å². The summed E-state index contributed by atoms with van der Waals surface area (Å²) in [7, 11) is 0. The molecule has 1 aromatic carbocycles. The minimum Gasteiger partial charge on any atom is -0.459 e. The molecule has 1 aromatic heterocycles. The highest BCUT2D eigenvalue weighted by molar-refractivity contribution is 5.91.